The van der Waals surface area contributed by atoms with Crippen LogP contribution in [0.2, 0.25) is 0 Å². The van der Waals surface area contributed by atoms with Crippen molar-refractivity contribution in [2.24, 2.45) is 0 Å². The molecule has 0 aliphatic heterocycles. The molecule has 3 rings (SSSR count). The summed E-state index contributed by atoms with van der Waals surface area (Å²) in [6.45, 7) is 0.341. The van der Waals surface area contributed by atoms with E-state index in [1.807, 2.05) is 36.4 Å². The maximum atomic E-state index is 12.0. The van der Waals surface area contributed by atoms with Crippen LogP contribution >= 0.6 is 0 Å². The fourth-order valence-electron chi connectivity index (χ4n) is 2.13. The number of rotatable bonds is 6. The molecule has 5 nitrogen and oxygen atoms in total. The van der Waals surface area contributed by atoms with Crippen LogP contribution in [0.1, 0.15) is 27.4 Å². The lowest BCUT2D eigenvalue weighted by Crippen LogP contribution is -2.04. The van der Waals surface area contributed by atoms with E-state index in [9.17, 15) is 4.79 Å². The van der Waals surface area contributed by atoms with Gasteiger partial charge in [0.15, 0.2) is 0 Å². The molecule has 0 fully saturated rings. The van der Waals surface area contributed by atoms with Gasteiger partial charge in [0.25, 0.3) is 0 Å². The van der Waals surface area contributed by atoms with Gasteiger partial charge < -0.3 is 13.9 Å². The zero-order valence-electron chi connectivity index (χ0n) is 13.3. The van der Waals surface area contributed by atoms with E-state index in [-0.39, 0.29) is 19.0 Å². The van der Waals surface area contributed by atoms with E-state index in [2.05, 4.69) is 0 Å². The van der Waals surface area contributed by atoms with Gasteiger partial charge in [-0.15, -0.1) is 0 Å². The van der Waals surface area contributed by atoms with Crippen LogP contribution < -0.4 is 4.74 Å². The van der Waals surface area contributed by atoms with Gasteiger partial charge in [0, 0.05) is 0 Å². The highest BCUT2D eigenvalue weighted by Crippen LogP contribution is 2.15. The zero-order chi connectivity index (χ0) is 17.5. The van der Waals surface area contributed by atoms with Crippen LogP contribution in [0.5, 0.6) is 5.75 Å². The van der Waals surface area contributed by atoms with Crippen molar-refractivity contribution in [2.75, 3.05) is 0 Å². The predicted molar refractivity (Wildman–Crippen MR) is 89.8 cm³/mol. The Balaban J connectivity index is 1.52. The summed E-state index contributed by atoms with van der Waals surface area (Å²) in [4.78, 5) is 12.0. The van der Waals surface area contributed by atoms with Gasteiger partial charge in [-0.25, -0.2) is 4.79 Å². The number of ether oxygens (including phenoxy) is 2. The number of carbonyl (C=O) groups excluding carboxylic acids is 1. The van der Waals surface area contributed by atoms with Gasteiger partial charge in [0.05, 0.1) is 11.6 Å². The Bertz CT molecular complexity index is 876. The summed E-state index contributed by atoms with van der Waals surface area (Å²) in [6, 6.07) is 21.5. The molecule has 0 N–H and O–H groups in total. The summed E-state index contributed by atoms with van der Waals surface area (Å²) in [5, 5.41) is 8.76. The van der Waals surface area contributed by atoms with Crippen LogP contribution in [0.25, 0.3) is 0 Å². The molecule has 0 unspecified atom stereocenters. The molecule has 0 spiro atoms. The standard InChI is InChI=1S/C20H15NO4/c21-12-15-6-8-16(9-7-15)13-24-20(22)19-11-10-18(25-19)14-23-17-4-2-1-3-5-17/h1-11H,13-14H2. The number of carbonyl (C=O) groups is 1. The third kappa shape index (κ3) is 4.49. The molecular formula is C20H15NO4. The highest BCUT2D eigenvalue weighted by atomic mass is 16.5. The van der Waals surface area contributed by atoms with E-state index < -0.39 is 5.97 Å². The van der Waals surface area contributed by atoms with E-state index >= 15 is 0 Å². The average Bonchev–Trinajstić information content (AvgIpc) is 3.15. The Hall–Kier alpha value is -3.52. The first-order valence-electron chi connectivity index (χ1n) is 7.67. The first kappa shape index (κ1) is 16.3. The highest BCUT2D eigenvalue weighted by Gasteiger charge is 2.13. The van der Waals surface area contributed by atoms with E-state index in [1.54, 1.807) is 36.4 Å². The number of nitriles is 1. The van der Waals surface area contributed by atoms with Crippen LogP contribution in [0.15, 0.2) is 71.1 Å². The van der Waals surface area contributed by atoms with Crippen molar-refractivity contribution < 1.29 is 18.7 Å². The number of hydrogen-bond donors (Lipinski definition) is 0. The molecule has 25 heavy (non-hydrogen) atoms. The number of furan rings is 1. The Kier molecular flexibility index (Phi) is 5.13. The third-order valence-corrected chi connectivity index (χ3v) is 3.44. The van der Waals surface area contributed by atoms with Crippen molar-refractivity contribution in [3.63, 3.8) is 0 Å². The highest BCUT2D eigenvalue weighted by molar-refractivity contribution is 5.86. The molecule has 1 aromatic heterocycles. The Morgan fingerprint density at radius 2 is 1.72 bits per heavy atom. The van der Waals surface area contributed by atoms with E-state index in [1.165, 1.54) is 0 Å². The summed E-state index contributed by atoms with van der Waals surface area (Å²) < 4.78 is 16.2. The van der Waals surface area contributed by atoms with Crippen molar-refractivity contribution in [2.45, 2.75) is 13.2 Å². The second-order valence-electron chi connectivity index (χ2n) is 5.25. The predicted octanol–water partition coefficient (Wildman–Crippen LogP) is 4.09. The zero-order valence-corrected chi connectivity index (χ0v) is 13.3. The van der Waals surface area contributed by atoms with Gasteiger partial charge in [-0.1, -0.05) is 30.3 Å². The Morgan fingerprint density at radius 1 is 0.960 bits per heavy atom. The monoisotopic (exact) mass is 333 g/mol. The first-order valence-corrected chi connectivity index (χ1v) is 7.67. The minimum absolute atomic E-state index is 0.112. The molecule has 0 atom stereocenters. The van der Waals surface area contributed by atoms with Gasteiger partial charge in [-0.3, -0.25) is 0 Å². The molecule has 0 saturated heterocycles. The molecule has 0 aliphatic carbocycles. The fraction of sp³-hybridized carbons (Fsp3) is 0.100. The molecule has 2 aromatic carbocycles. The number of hydrogen-bond acceptors (Lipinski definition) is 5. The summed E-state index contributed by atoms with van der Waals surface area (Å²) in [6.07, 6.45) is 0. The molecule has 0 radical (unpaired) electrons. The van der Waals surface area contributed by atoms with Crippen LogP contribution in [-0.2, 0) is 18.0 Å². The molecular weight excluding hydrogens is 318 g/mol. The molecule has 0 bridgehead atoms. The fourth-order valence-corrected chi connectivity index (χ4v) is 2.13. The first-order chi connectivity index (χ1) is 12.2. The maximum absolute atomic E-state index is 12.0. The summed E-state index contributed by atoms with van der Waals surface area (Å²) in [7, 11) is 0. The van der Waals surface area contributed by atoms with Crippen molar-refractivity contribution in [1.29, 1.82) is 5.26 Å². The summed E-state index contributed by atoms with van der Waals surface area (Å²) in [5.74, 6) is 0.841. The lowest BCUT2D eigenvalue weighted by atomic mass is 10.2. The SMILES string of the molecule is N#Cc1ccc(COC(=O)c2ccc(COc3ccccc3)o2)cc1. The molecule has 0 saturated carbocycles. The van der Waals surface area contributed by atoms with Crippen molar-refractivity contribution in [1.82, 2.24) is 0 Å². The van der Waals surface area contributed by atoms with Gasteiger partial charge in [0.2, 0.25) is 5.76 Å². The topological polar surface area (TPSA) is 72.5 Å². The van der Waals surface area contributed by atoms with Gasteiger partial charge in [-0.05, 0) is 42.0 Å². The lowest BCUT2D eigenvalue weighted by Gasteiger charge is -2.04. The smallest absolute Gasteiger partial charge is 0.374 e. The summed E-state index contributed by atoms with van der Waals surface area (Å²) >= 11 is 0. The molecule has 5 heteroatoms. The second-order valence-corrected chi connectivity index (χ2v) is 5.25. The van der Waals surface area contributed by atoms with Gasteiger partial charge >= 0.3 is 5.97 Å². The molecule has 3 aromatic rings. The van der Waals surface area contributed by atoms with E-state index in [4.69, 9.17) is 19.2 Å². The largest absolute Gasteiger partial charge is 0.486 e. The molecule has 0 aliphatic rings. The molecule has 0 amide bonds. The quantitative estimate of drug-likeness (QED) is 0.635. The Morgan fingerprint density at radius 3 is 2.44 bits per heavy atom. The minimum atomic E-state index is -0.546. The normalized spacial score (nSPS) is 10.0. The minimum Gasteiger partial charge on any atom is -0.486 e. The summed E-state index contributed by atoms with van der Waals surface area (Å²) in [5.41, 5.74) is 1.36. The van der Waals surface area contributed by atoms with Crippen molar-refractivity contribution in [3.8, 4) is 11.8 Å². The van der Waals surface area contributed by atoms with E-state index in [0.29, 0.717) is 11.3 Å². The van der Waals surface area contributed by atoms with E-state index in [0.717, 1.165) is 11.3 Å². The number of esters is 1. The van der Waals surface area contributed by atoms with Gasteiger partial charge in [0.1, 0.15) is 24.7 Å². The average molecular weight is 333 g/mol. The van der Waals surface area contributed by atoms with Crippen LogP contribution in [-0.4, -0.2) is 5.97 Å². The second kappa shape index (κ2) is 7.84. The van der Waals surface area contributed by atoms with Crippen molar-refractivity contribution in [3.05, 3.63) is 89.4 Å². The number of benzene rings is 2. The maximum Gasteiger partial charge on any atom is 0.374 e. The Labute approximate surface area is 145 Å². The lowest BCUT2D eigenvalue weighted by molar-refractivity contribution is 0.0432. The molecule has 124 valence electrons. The van der Waals surface area contributed by atoms with Crippen LogP contribution in [0.3, 0.4) is 0 Å². The van der Waals surface area contributed by atoms with Crippen LogP contribution in [0.4, 0.5) is 0 Å². The number of nitrogens with zero attached hydrogens (tertiary/aromatic N) is 1. The molecule has 1 heterocycles. The van der Waals surface area contributed by atoms with Gasteiger partial charge in [-0.2, -0.15) is 5.26 Å². The van der Waals surface area contributed by atoms with Crippen LogP contribution in [0, 0.1) is 11.3 Å². The third-order valence-electron chi connectivity index (χ3n) is 3.44. The van der Waals surface area contributed by atoms with Crippen molar-refractivity contribution >= 4 is 5.97 Å². The number of para-hydroxylation sites is 1.